The molecule has 4 N–H and O–H groups in total. The standard InChI is InChI=1S/C11H16N2O/c1-8(7-14)6-9-2-4-10(5-3-9)11(12)13/h2-5,8,14H,6-7H2,1H3,(H3,12,13)/t8-/m0/s1. The molecule has 0 spiro atoms. The molecule has 76 valence electrons. The van der Waals surface area contributed by atoms with Gasteiger partial charge in [0.1, 0.15) is 5.84 Å². The summed E-state index contributed by atoms with van der Waals surface area (Å²) in [6, 6.07) is 7.56. The second-order valence-electron chi connectivity index (χ2n) is 3.60. The maximum absolute atomic E-state index is 8.88. The van der Waals surface area contributed by atoms with Crippen LogP contribution in [0.2, 0.25) is 0 Å². The number of hydrogen-bond acceptors (Lipinski definition) is 2. The van der Waals surface area contributed by atoms with E-state index in [1.807, 2.05) is 31.2 Å². The molecule has 1 atom stereocenters. The summed E-state index contributed by atoms with van der Waals surface area (Å²) < 4.78 is 0. The van der Waals surface area contributed by atoms with Crippen molar-refractivity contribution in [3.05, 3.63) is 35.4 Å². The summed E-state index contributed by atoms with van der Waals surface area (Å²) in [4.78, 5) is 0. The van der Waals surface area contributed by atoms with Gasteiger partial charge >= 0.3 is 0 Å². The smallest absolute Gasteiger partial charge is 0.122 e. The summed E-state index contributed by atoms with van der Waals surface area (Å²) in [6.07, 6.45) is 0.856. The van der Waals surface area contributed by atoms with Gasteiger partial charge in [0.25, 0.3) is 0 Å². The van der Waals surface area contributed by atoms with E-state index in [9.17, 15) is 0 Å². The van der Waals surface area contributed by atoms with Crippen LogP contribution in [0.3, 0.4) is 0 Å². The lowest BCUT2D eigenvalue weighted by Gasteiger charge is -2.07. The first kappa shape index (κ1) is 10.7. The molecule has 0 aliphatic heterocycles. The van der Waals surface area contributed by atoms with E-state index in [1.165, 1.54) is 0 Å². The van der Waals surface area contributed by atoms with E-state index in [0.29, 0.717) is 0 Å². The van der Waals surface area contributed by atoms with Crippen LogP contribution >= 0.6 is 0 Å². The number of hydrogen-bond donors (Lipinski definition) is 3. The van der Waals surface area contributed by atoms with Crippen LogP contribution in [0, 0.1) is 11.3 Å². The topological polar surface area (TPSA) is 70.1 Å². The number of nitrogens with two attached hydrogens (primary N) is 1. The molecule has 0 heterocycles. The Morgan fingerprint density at radius 1 is 1.43 bits per heavy atom. The third kappa shape index (κ3) is 2.85. The van der Waals surface area contributed by atoms with Crippen LogP contribution in [0.5, 0.6) is 0 Å². The number of nitrogens with one attached hydrogen (secondary N) is 1. The van der Waals surface area contributed by atoms with E-state index in [4.69, 9.17) is 16.2 Å². The van der Waals surface area contributed by atoms with Gasteiger partial charge in [-0.15, -0.1) is 0 Å². The maximum atomic E-state index is 8.88. The molecule has 0 saturated heterocycles. The number of amidine groups is 1. The first-order valence-corrected chi connectivity index (χ1v) is 4.67. The molecule has 14 heavy (non-hydrogen) atoms. The van der Waals surface area contributed by atoms with E-state index in [-0.39, 0.29) is 18.4 Å². The van der Waals surface area contributed by atoms with Crippen molar-refractivity contribution in [1.29, 1.82) is 5.41 Å². The molecule has 0 aliphatic rings. The normalized spacial score (nSPS) is 12.4. The van der Waals surface area contributed by atoms with Crippen molar-refractivity contribution in [2.75, 3.05) is 6.61 Å². The molecule has 0 saturated carbocycles. The number of benzene rings is 1. The van der Waals surface area contributed by atoms with Crippen molar-refractivity contribution in [1.82, 2.24) is 0 Å². The van der Waals surface area contributed by atoms with E-state index in [1.54, 1.807) is 0 Å². The molecule has 0 aliphatic carbocycles. The SMILES string of the molecule is C[C@H](CO)Cc1ccc(C(=N)N)cc1. The highest BCUT2D eigenvalue weighted by Gasteiger charge is 2.02. The van der Waals surface area contributed by atoms with Crippen LogP contribution in [0.25, 0.3) is 0 Å². The van der Waals surface area contributed by atoms with Crippen molar-refractivity contribution in [3.8, 4) is 0 Å². The predicted molar refractivity (Wildman–Crippen MR) is 57.4 cm³/mol. The van der Waals surface area contributed by atoms with Crippen LogP contribution in [0.1, 0.15) is 18.1 Å². The number of aliphatic hydroxyl groups excluding tert-OH is 1. The molecule has 0 unspecified atom stereocenters. The molecule has 1 aromatic carbocycles. The monoisotopic (exact) mass is 192 g/mol. The zero-order valence-corrected chi connectivity index (χ0v) is 8.33. The van der Waals surface area contributed by atoms with Crippen LogP contribution in [-0.2, 0) is 6.42 Å². The fourth-order valence-electron chi connectivity index (χ4n) is 1.29. The molecule has 0 radical (unpaired) electrons. The summed E-state index contributed by atoms with van der Waals surface area (Å²) in [5.41, 5.74) is 7.24. The van der Waals surface area contributed by atoms with Crippen molar-refractivity contribution in [2.24, 2.45) is 11.7 Å². The quantitative estimate of drug-likeness (QED) is 0.494. The number of nitrogen functional groups attached to an aromatic ring is 1. The van der Waals surface area contributed by atoms with Crippen LogP contribution < -0.4 is 5.73 Å². The van der Waals surface area contributed by atoms with Crippen LogP contribution in [0.15, 0.2) is 24.3 Å². The second kappa shape index (κ2) is 4.77. The molecule has 0 aromatic heterocycles. The minimum Gasteiger partial charge on any atom is -0.396 e. The van der Waals surface area contributed by atoms with Gasteiger partial charge in [0.05, 0.1) is 0 Å². The van der Waals surface area contributed by atoms with Crippen molar-refractivity contribution >= 4 is 5.84 Å². The highest BCUT2D eigenvalue weighted by atomic mass is 16.3. The average Bonchev–Trinajstić information content (AvgIpc) is 2.18. The lowest BCUT2D eigenvalue weighted by Crippen LogP contribution is -2.11. The van der Waals surface area contributed by atoms with Gasteiger partial charge in [-0.3, -0.25) is 5.41 Å². The van der Waals surface area contributed by atoms with Crippen LogP contribution in [-0.4, -0.2) is 17.5 Å². The molecule has 0 fully saturated rings. The largest absolute Gasteiger partial charge is 0.396 e. The zero-order valence-electron chi connectivity index (χ0n) is 8.33. The molecule has 3 nitrogen and oxygen atoms in total. The summed E-state index contributed by atoms with van der Waals surface area (Å²) >= 11 is 0. The Morgan fingerprint density at radius 3 is 2.43 bits per heavy atom. The van der Waals surface area contributed by atoms with Crippen molar-refractivity contribution in [2.45, 2.75) is 13.3 Å². The average molecular weight is 192 g/mol. The number of rotatable bonds is 4. The van der Waals surface area contributed by atoms with Gasteiger partial charge in [-0.1, -0.05) is 31.2 Å². The fraction of sp³-hybridized carbons (Fsp3) is 0.364. The Labute approximate surface area is 84.1 Å². The molecule has 0 amide bonds. The van der Waals surface area contributed by atoms with Gasteiger partial charge in [-0.2, -0.15) is 0 Å². The third-order valence-electron chi connectivity index (χ3n) is 2.16. The summed E-state index contributed by atoms with van der Waals surface area (Å²) in [5.74, 6) is 0.366. The third-order valence-corrected chi connectivity index (χ3v) is 2.16. The summed E-state index contributed by atoms with van der Waals surface area (Å²) in [5, 5.41) is 16.1. The zero-order chi connectivity index (χ0) is 10.6. The lowest BCUT2D eigenvalue weighted by atomic mass is 10.0. The van der Waals surface area contributed by atoms with Crippen LogP contribution in [0.4, 0.5) is 0 Å². The Balaban J connectivity index is 2.68. The molecule has 0 bridgehead atoms. The first-order valence-electron chi connectivity index (χ1n) is 4.67. The van der Waals surface area contributed by atoms with Gasteiger partial charge in [-0.25, -0.2) is 0 Å². The highest BCUT2D eigenvalue weighted by Crippen LogP contribution is 2.09. The van der Waals surface area contributed by atoms with Crippen molar-refractivity contribution < 1.29 is 5.11 Å². The molecule has 1 aromatic rings. The molecule has 3 heteroatoms. The van der Waals surface area contributed by atoms with Gasteiger partial charge < -0.3 is 10.8 Å². The van der Waals surface area contributed by atoms with Crippen molar-refractivity contribution in [3.63, 3.8) is 0 Å². The van der Waals surface area contributed by atoms with Gasteiger partial charge in [-0.05, 0) is 17.9 Å². The lowest BCUT2D eigenvalue weighted by molar-refractivity contribution is 0.237. The van der Waals surface area contributed by atoms with Gasteiger partial charge in [0.2, 0.25) is 0 Å². The minimum atomic E-state index is 0.0896. The van der Waals surface area contributed by atoms with Gasteiger partial charge in [0.15, 0.2) is 0 Å². The van der Waals surface area contributed by atoms with E-state index < -0.39 is 0 Å². The Hall–Kier alpha value is -1.35. The summed E-state index contributed by atoms with van der Waals surface area (Å²) in [7, 11) is 0. The molecule has 1 rings (SSSR count). The molecular formula is C11H16N2O. The maximum Gasteiger partial charge on any atom is 0.122 e. The Morgan fingerprint density at radius 2 is 2.00 bits per heavy atom. The van der Waals surface area contributed by atoms with Gasteiger partial charge in [0, 0.05) is 12.2 Å². The first-order chi connectivity index (χ1) is 6.63. The van der Waals surface area contributed by atoms with E-state index in [2.05, 4.69) is 0 Å². The Bertz CT molecular complexity index is 306. The highest BCUT2D eigenvalue weighted by molar-refractivity contribution is 5.94. The van der Waals surface area contributed by atoms with E-state index >= 15 is 0 Å². The predicted octanol–water partition coefficient (Wildman–Crippen LogP) is 1.14. The minimum absolute atomic E-state index is 0.0896. The van der Waals surface area contributed by atoms with E-state index in [0.717, 1.165) is 17.5 Å². The molecular weight excluding hydrogens is 176 g/mol. The Kier molecular flexibility index (Phi) is 3.65. The fourth-order valence-corrected chi connectivity index (χ4v) is 1.29. The summed E-state index contributed by atoms with van der Waals surface area (Å²) in [6.45, 7) is 2.20. The second-order valence-corrected chi connectivity index (χ2v) is 3.60. The number of aliphatic hydroxyl groups is 1.